The average Bonchev–Trinajstić information content (AvgIpc) is 2.81. The van der Waals surface area contributed by atoms with Gasteiger partial charge in [-0.05, 0) is 24.3 Å². The van der Waals surface area contributed by atoms with Gasteiger partial charge in [0.15, 0.2) is 0 Å². The predicted molar refractivity (Wildman–Crippen MR) is 62.8 cm³/mol. The second kappa shape index (κ2) is 4.69. The molecule has 0 aliphatic heterocycles. The van der Waals surface area contributed by atoms with E-state index in [1.165, 1.54) is 0 Å². The number of amides is 1. The lowest BCUT2D eigenvalue weighted by Crippen LogP contribution is -2.12. The van der Waals surface area contributed by atoms with Crippen LogP contribution in [0.4, 0.5) is 0 Å². The Morgan fingerprint density at radius 2 is 2.35 bits per heavy atom. The van der Waals surface area contributed by atoms with E-state index in [-0.39, 0.29) is 0 Å². The highest BCUT2D eigenvalue weighted by Crippen LogP contribution is 2.20. The first-order valence-electron chi connectivity index (χ1n) is 5.15. The molecule has 0 fully saturated rings. The summed E-state index contributed by atoms with van der Waals surface area (Å²) in [7, 11) is 1.59. The largest absolute Gasteiger partial charge is 0.496 e. The molecule has 0 aliphatic rings. The summed E-state index contributed by atoms with van der Waals surface area (Å²) < 4.78 is 6.99. The maximum Gasteiger partial charge on any atom is 0.248 e. The molecule has 0 aliphatic carbocycles. The van der Waals surface area contributed by atoms with Crippen molar-refractivity contribution in [2.75, 3.05) is 7.11 Å². The van der Waals surface area contributed by atoms with Gasteiger partial charge in [0.2, 0.25) is 5.91 Å². The zero-order valence-electron chi connectivity index (χ0n) is 9.46. The summed E-state index contributed by atoms with van der Waals surface area (Å²) in [5.74, 6) is 0.264. The molecular weight excluding hydrogens is 218 g/mol. The Hall–Kier alpha value is -2.30. The van der Waals surface area contributed by atoms with Crippen molar-refractivity contribution in [3.05, 3.63) is 47.8 Å². The Morgan fingerprint density at radius 3 is 2.94 bits per heavy atom. The van der Waals surface area contributed by atoms with Gasteiger partial charge in [0.1, 0.15) is 5.75 Å². The van der Waals surface area contributed by atoms with Gasteiger partial charge in [-0.1, -0.05) is 0 Å². The van der Waals surface area contributed by atoms with Crippen LogP contribution in [0.5, 0.6) is 5.75 Å². The van der Waals surface area contributed by atoms with Crippen molar-refractivity contribution in [1.82, 2.24) is 9.78 Å². The van der Waals surface area contributed by atoms with Gasteiger partial charge >= 0.3 is 0 Å². The minimum absolute atomic E-state index is 0.450. The average molecular weight is 231 g/mol. The predicted octanol–water partition coefficient (Wildman–Crippen LogP) is 1.04. The molecule has 17 heavy (non-hydrogen) atoms. The third-order valence-corrected chi connectivity index (χ3v) is 2.46. The number of carbonyl (C=O) groups is 1. The molecule has 0 spiro atoms. The van der Waals surface area contributed by atoms with Crippen LogP contribution in [0.15, 0.2) is 36.7 Å². The van der Waals surface area contributed by atoms with E-state index in [0.717, 1.165) is 5.56 Å². The number of methoxy groups -OCH3 is 1. The fourth-order valence-electron chi connectivity index (χ4n) is 1.62. The molecule has 0 atom stereocenters. The summed E-state index contributed by atoms with van der Waals surface area (Å²) >= 11 is 0. The first kappa shape index (κ1) is 11.2. The van der Waals surface area contributed by atoms with Gasteiger partial charge in [-0.25, -0.2) is 0 Å². The van der Waals surface area contributed by atoms with Crippen molar-refractivity contribution >= 4 is 5.91 Å². The zero-order chi connectivity index (χ0) is 12.3. The van der Waals surface area contributed by atoms with E-state index in [1.807, 2.05) is 12.3 Å². The summed E-state index contributed by atoms with van der Waals surface area (Å²) in [6.45, 7) is 0.539. The molecule has 1 heterocycles. The number of nitrogens with two attached hydrogens (primary N) is 1. The highest BCUT2D eigenvalue weighted by Gasteiger charge is 2.08. The van der Waals surface area contributed by atoms with Crippen LogP contribution in [-0.2, 0) is 6.54 Å². The van der Waals surface area contributed by atoms with Crippen LogP contribution < -0.4 is 10.5 Å². The SMILES string of the molecule is COc1ccc(C(N)=O)cc1Cn1cccn1. The van der Waals surface area contributed by atoms with Gasteiger partial charge in [-0.3, -0.25) is 9.48 Å². The molecule has 2 N–H and O–H groups in total. The maximum atomic E-state index is 11.1. The van der Waals surface area contributed by atoms with Crippen LogP contribution in [0.3, 0.4) is 0 Å². The van der Waals surface area contributed by atoms with Gasteiger partial charge in [0.05, 0.1) is 13.7 Å². The summed E-state index contributed by atoms with van der Waals surface area (Å²) in [6, 6.07) is 6.94. The van der Waals surface area contributed by atoms with Crippen LogP contribution in [0.25, 0.3) is 0 Å². The van der Waals surface area contributed by atoms with Gasteiger partial charge in [-0.2, -0.15) is 5.10 Å². The van der Waals surface area contributed by atoms with Crippen LogP contribution in [0.2, 0.25) is 0 Å². The van der Waals surface area contributed by atoms with Crippen molar-refractivity contribution in [1.29, 1.82) is 0 Å². The third kappa shape index (κ3) is 2.44. The van der Waals surface area contributed by atoms with E-state index in [9.17, 15) is 4.79 Å². The molecule has 1 aromatic heterocycles. The number of rotatable bonds is 4. The number of hydrogen-bond donors (Lipinski definition) is 1. The van der Waals surface area contributed by atoms with Gasteiger partial charge in [0, 0.05) is 23.5 Å². The van der Waals surface area contributed by atoms with E-state index in [2.05, 4.69) is 5.10 Å². The van der Waals surface area contributed by atoms with E-state index in [1.54, 1.807) is 36.2 Å². The molecule has 5 nitrogen and oxygen atoms in total. The zero-order valence-corrected chi connectivity index (χ0v) is 9.46. The van der Waals surface area contributed by atoms with Gasteiger partial charge in [0.25, 0.3) is 0 Å². The lowest BCUT2D eigenvalue weighted by atomic mass is 10.1. The number of aromatic nitrogens is 2. The van der Waals surface area contributed by atoms with Crippen molar-refractivity contribution < 1.29 is 9.53 Å². The van der Waals surface area contributed by atoms with Crippen molar-refractivity contribution in [3.63, 3.8) is 0 Å². The van der Waals surface area contributed by atoms with Gasteiger partial charge < -0.3 is 10.5 Å². The minimum atomic E-state index is -0.450. The normalized spacial score (nSPS) is 10.2. The molecule has 1 amide bonds. The summed E-state index contributed by atoms with van der Waals surface area (Å²) in [5, 5.41) is 4.11. The van der Waals surface area contributed by atoms with E-state index in [0.29, 0.717) is 17.9 Å². The third-order valence-electron chi connectivity index (χ3n) is 2.46. The Labute approximate surface area is 98.8 Å². The standard InChI is InChI=1S/C12H13N3O2/c1-17-11-4-3-9(12(13)16)7-10(11)8-15-6-2-5-14-15/h2-7H,8H2,1H3,(H2,13,16). The number of ether oxygens (including phenoxy) is 1. The Morgan fingerprint density at radius 1 is 1.53 bits per heavy atom. The summed E-state index contributed by atoms with van der Waals surface area (Å²) in [6.07, 6.45) is 3.54. The van der Waals surface area contributed by atoms with Crippen molar-refractivity contribution in [3.8, 4) is 5.75 Å². The Kier molecular flexibility index (Phi) is 3.09. The first-order valence-corrected chi connectivity index (χ1v) is 5.15. The molecule has 5 heteroatoms. The number of hydrogen-bond acceptors (Lipinski definition) is 3. The van der Waals surface area contributed by atoms with Crippen LogP contribution in [-0.4, -0.2) is 22.8 Å². The molecule has 1 aromatic carbocycles. The Balaban J connectivity index is 2.35. The molecule has 0 radical (unpaired) electrons. The number of primary amides is 1. The Bertz CT molecular complexity index is 521. The van der Waals surface area contributed by atoms with Crippen LogP contribution in [0.1, 0.15) is 15.9 Å². The summed E-state index contributed by atoms with van der Waals surface area (Å²) in [4.78, 5) is 11.1. The second-order valence-electron chi connectivity index (χ2n) is 3.59. The summed E-state index contributed by atoms with van der Waals surface area (Å²) in [5.41, 5.74) is 6.58. The van der Waals surface area contributed by atoms with Crippen LogP contribution in [0, 0.1) is 0 Å². The smallest absolute Gasteiger partial charge is 0.248 e. The molecule has 2 rings (SSSR count). The topological polar surface area (TPSA) is 70.1 Å². The number of benzene rings is 1. The molecule has 88 valence electrons. The van der Waals surface area contributed by atoms with Gasteiger partial charge in [-0.15, -0.1) is 0 Å². The fraction of sp³-hybridized carbons (Fsp3) is 0.167. The molecule has 0 saturated heterocycles. The van der Waals surface area contributed by atoms with Crippen molar-refractivity contribution in [2.45, 2.75) is 6.54 Å². The number of carbonyl (C=O) groups excluding carboxylic acids is 1. The fourth-order valence-corrected chi connectivity index (χ4v) is 1.62. The molecular formula is C12H13N3O2. The molecule has 0 saturated carbocycles. The molecule has 0 bridgehead atoms. The monoisotopic (exact) mass is 231 g/mol. The number of nitrogens with zero attached hydrogens (tertiary/aromatic N) is 2. The lowest BCUT2D eigenvalue weighted by Gasteiger charge is -2.09. The minimum Gasteiger partial charge on any atom is -0.496 e. The first-order chi connectivity index (χ1) is 8.20. The van der Waals surface area contributed by atoms with E-state index >= 15 is 0 Å². The quantitative estimate of drug-likeness (QED) is 0.854. The highest BCUT2D eigenvalue weighted by atomic mass is 16.5. The lowest BCUT2D eigenvalue weighted by molar-refractivity contribution is 0.1000. The second-order valence-corrected chi connectivity index (χ2v) is 3.59. The highest BCUT2D eigenvalue weighted by molar-refractivity contribution is 5.93. The van der Waals surface area contributed by atoms with E-state index < -0.39 is 5.91 Å². The van der Waals surface area contributed by atoms with Crippen LogP contribution >= 0.6 is 0 Å². The molecule has 2 aromatic rings. The van der Waals surface area contributed by atoms with Crippen molar-refractivity contribution in [2.24, 2.45) is 5.73 Å². The molecule has 0 unspecified atom stereocenters. The van der Waals surface area contributed by atoms with E-state index in [4.69, 9.17) is 10.5 Å². The maximum absolute atomic E-state index is 11.1.